The van der Waals surface area contributed by atoms with Crippen molar-refractivity contribution in [2.45, 2.75) is 6.04 Å². The standard InChI is InChI=1S/C21H18FN5O2/c1-27-12-15(11-24-27)19(14-6-8-18(29-2)16(22)10-14)26-21(28)17-7-5-13-4-3-9-23-20(13)25-17/h3-12,19H,1-2H3,(H,26,28). The number of nitrogens with zero attached hydrogens (tertiary/aromatic N) is 4. The van der Waals surface area contributed by atoms with Crippen molar-refractivity contribution in [1.29, 1.82) is 0 Å². The first-order chi connectivity index (χ1) is 14.0. The quantitative estimate of drug-likeness (QED) is 0.566. The van der Waals surface area contributed by atoms with Gasteiger partial charge in [-0.05, 0) is 42.0 Å². The maximum absolute atomic E-state index is 14.3. The van der Waals surface area contributed by atoms with E-state index in [4.69, 9.17) is 4.74 Å². The number of halogens is 1. The van der Waals surface area contributed by atoms with E-state index in [1.165, 1.54) is 19.2 Å². The van der Waals surface area contributed by atoms with Gasteiger partial charge >= 0.3 is 0 Å². The third-order valence-electron chi connectivity index (χ3n) is 4.54. The minimum absolute atomic E-state index is 0.132. The summed E-state index contributed by atoms with van der Waals surface area (Å²) >= 11 is 0. The molecule has 0 fully saturated rings. The zero-order valence-electron chi connectivity index (χ0n) is 15.8. The van der Waals surface area contributed by atoms with Crippen molar-refractivity contribution in [2.75, 3.05) is 7.11 Å². The van der Waals surface area contributed by atoms with E-state index < -0.39 is 17.8 Å². The van der Waals surface area contributed by atoms with Crippen molar-refractivity contribution in [3.05, 3.63) is 83.7 Å². The second kappa shape index (κ2) is 7.67. The van der Waals surface area contributed by atoms with Crippen molar-refractivity contribution in [2.24, 2.45) is 7.05 Å². The molecular weight excluding hydrogens is 373 g/mol. The highest BCUT2D eigenvalue weighted by Gasteiger charge is 2.21. The molecular formula is C21H18FN5O2. The summed E-state index contributed by atoms with van der Waals surface area (Å²) in [5.41, 5.74) is 1.97. The van der Waals surface area contributed by atoms with Gasteiger partial charge in [0.25, 0.3) is 5.91 Å². The van der Waals surface area contributed by atoms with Gasteiger partial charge in [-0.2, -0.15) is 5.10 Å². The Balaban J connectivity index is 1.69. The normalized spacial score (nSPS) is 12.0. The van der Waals surface area contributed by atoms with Gasteiger partial charge < -0.3 is 10.1 Å². The summed E-state index contributed by atoms with van der Waals surface area (Å²) in [5, 5.41) is 7.92. The summed E-state index contributed by atoms with van der Waals surface area (Å²) in [6.45, 7) is 0. The molecule has 1 atom stereocenters. The Labute approximate surface area is 166 Å². The van der Waals surface area contributed by atoms with Gasteiger partial charge in [-0.25, -0.2) is 14.4 Å². The number of pyridine rings is 2. The van der Waals surface area contributed by atoms with Crippen LogP contribution in [-0.4, -0.2) is 32.8 Å². The molecule has 0 bridgehead atoms. The van der Waals surface area contributed by atoms with Gasteiger partial charge in [0.15, 0.2) is 17.2 Å². The minimum atomic E-state index is -0.613. The van der Waals surface area contributed by atoms with Crippen LogP contribution in [0.15, 0.2) is 61.1 Å². The molecule has 7 nitrogen and oxygen atoms in total. The van der Waals surface area contributed by atoms with Gasteiger partial charge in [0.05, 0.1) is 19.3 Å². The number of aryl methyl sites for hydroxylation is 1. The van der Waals surface area contributed by atoms with Crippen LogP contribution in [0.3, 0.4) is 0 Å². The molecule has 1 aromatic carbocycles. The molecule has 0 saturated carbocycles. The molecule has 3 aromatic heterocycles. The van der Waals surface area contributed by atoms with E-state index in [0.29, 0.717) is 16.8 Å². The molecule has 1 unspecified atom stereocenters. The number of nitrogens with one attached hydrogen (secondary N) is 1. The lowest BCUT2D eigenvalue weighted by Gasteiger charge is -2.18. The van der Waals surface area contributed by atoms with Gasteiger partial charge in [-0.3, -0.25) is 9.48 Å². The molecule has 4 aromatic rings. The lowest BCUT2D eigenvalue weighted by Crippen LogP contribution is -2.30. The van der Waals surface area contributed by atoms with E-state index in [1.54, 1.807) is 54.6 Å². The molecule has 3 heterocycles. The molecule has 0 spiro atoms. The Morgan fingerprint density at radius 3 is 2.79 bits per heavy atom. The molecule has 1 N–H and O–H groups in total. The Morgan fingerprint density at radius 1 is 1.21 bits per heavy atom. The highest BCUT2D eigenvalue weighted by Crippen LogP contribution is 2.26. The summed E-state index contributed by atoms with van der Waals surface area (Å²) < 4.78 is 20.9. The average molecular weight is 391 g/mol. The number of fused-ring (bicyclic) bond motifs is 1. The van der Waals surface area contributed by atoms with Gasteiger partial charge in [0.2, 0.25) is 0 Å². The molecule has 4 rings (SSSR count). The van der Waals surface area contributed by atoms with Crippen LogP contribution in [0.1, 0.15) is 27.7 Å². The third kappa shape index (κ3) is 3.77. The second-order valence-electron chi connectivity index (χ2n) is 6.49. The van der Waals surface area contributed by atoms with Crippen molar-refractivity contribution >= 4 is 16.9 Å². The highest BCUT2D eigenvalue weighted by molar-refractivity contribution is 5.94. The van der Waals surface area contributed by atoms with Gasteiger partial charge in [-0.15, -0.1) is 0 Å². The lowest BCUT2D eigenvalue weighted by atomic mass is 10.0. The Hall–Kier alpha value is -3.81. The van der Waals surface area contributed by atoms with Crippen molar-refractivity contribution < 1.29 is 13.9 Å². The Morgan fingerprint density at radius 2 is 2.07 bits per heavy atom. The summed E-state index contributed by atoms with van der Waals surface area (Å²) in [4.78, 5) is 21.4. The fraction of sp³-hybridized carbons (Fsp3) is 0.143. The molecule has 0 saturated heterocycles. The topological polar surface area (TPSA) is 81.9 Å². The van der Waals surface area contributed by atoms with E-state index >= 15 is 0 Å². The van der Waals surface area contributed by atoms with Crippen LogP contribution in [0.2, 0.25) is 0 Å². The van der Waals surface area contributed by atoms with Crippen LogP contribution in [-0.2, 0) is 7.05 Å². The van der Waals surface area contributed by atoms with E-state index in [1.807, 2.05) is 6.07 Å². The number of hydrogen-bond donors (Lipinski definition) is 1. The van der Waals surface area contributed by atoms with E-state index in [2.05, 4.69) is 20.4 Å². The van der Waals surface area contributed by atoms with Crippen molar-refractivity contribution in [1.82, 2.24) is 25.1 Å². The van der Waals surface area contributed by atoms with E-state index in [-0.39, 0.29) is 11.4 Å². The van der Waals surface area contributed by atoms with Crippen LogP contribution in [0.25, 0.3) is 11.0 Å². The third-order valence-corrected chi connectivity index (χ3v) is 4.54. The number of carbonyl (C=O) groups is 1. The van der Waals surface area contributed by atoms with Crippen LogP contribution in [0.5, 0.6) is 5.75 Å². The fourth-order valence-corrected chi connectivity index (χ4v) is 3.10. The molecule has 0 aliphatic carbocycles. The first kappa shape index (κ1) is 18.5. The van der Waals surface area contributed by atoms with Crippen molar-refractivity contribution in [3.8, 4) is 5.75 Å². The summed E-state index contributed by atoms with van der Waals surface area (Å²) in [6, 6.07) is 11.1. The van der Waals surface area contributed by atoms with Crippen LogP contribution < -0.4 is 10.1 Å². The molecule has 0 aliphatic rings. The molecule has 0 radical (unpaired) electrons. The first-order valence-electron chi connectivity index (χ1n) is 8.90. The van der Waals surface area contributed by atoms with E-state index in [0.717, 1.165) is 5.39 Å². The number of benzene rings is 1. The van der Waals surface area contributed by atoms with Crippen LogP contribution in [0, 0.1) is 5.82 Å². The molecule has 0 aliphatic heterocycles. The summed E-state index contributed by atoms with van der Waals surface area (Å²) in [5.74, 6) is -0.781. The largest absolute Gasteiger partial charge is 0.494 e. The highest BCUT2D eigenvalue weighted by atomic mass is 19.1. The lowest BCUT2D eigenvalue weighted by molar-refractivity contribution is 0.0938. The maximum atomic E-state index is 14.3. The number of carbonyl (C=O) groups excluding carboxylic acids is 1. The summed E-state index contributed by atoms with van der Waals surface area (Å²) in [6.07, 6.45) is 5.01. The fourth-order valence-electron chi connectivity index (χ4n) is 3.10. The number of amides is 1. The monoisotopic (exact) mass is 391 g/mol. The second-order valence-corrected chi connectivity index (χ2v) is 6.49. The molecule has 1 amide bonds. The zero-order chi connectivity index (χ0) is 20.4. The predicted octanol–water partition coefficient (Wildman–Crippen LogP) is 3.03. The Bertz CT molecular complexity index is 1190. The van der Waals surface area contributed by atoms with Crippen LogP contribution in [0.4, 0.5) is 4.39 Å². The first-order valence-corrected chi connectivity index (χ1v) is 8.90. The Kier molecular flexibility index (Phi) is 4.90. The zero-order valence-corrected chi connectivity index (χ0v) is 15.8. The smallest absolute Gasteiger partial charge is 0.270 e. The number of hydrogen-bond acceptors (Lipinski definition) is 5. The number of aromatic nitrogens is 4. The van der Waals surface area contributed by atoms with E-state index in [9.17, 15) is 9.18 Å². The number of ether oxygens (including phenoxy) is 1. The van der Waals surface area contributed by atoms with Gasteiger partial charge in [0, 0.05) is 30.4 Å². The van der Waals surface area contributed by atoms with Crippen molar-refractivity contribution in [3.63, 3.8) is 0 Å². The van der Waals surface area contributed by atoms with Gasteiger partial charge in [0.1, 0.15) is 5.69 Å². The molecule has 8 heteroatoms. The minimum Gasteiger partial charge on any atom is -0.494 e. The summed E-state index contributed by atoms with van der Waals surface area (Å²) in [7, 11) is 3.17. The average Bonchev–Trinajstić information content (AvgIpc) is 3.17. The molecule has 146 valence electrons. The number of rotatable bonds is 5. The molecule has 29 heavy (non-hydrogen) atoms. The van der Waals surface area contributed by atoms with Gasteiger partial charge in [-0.1, -0.05) is 6.07 Å². The predicted molar refractivity (Wildman–Crippen MR) is 105 cm³/mol. The SMILES string of the molecule is COc1ccc(C(NC(=O)c2ccc3cccnc3n2)c2cnn(C)c2)cc1F. The van der Waals surface area contributed by atoms with Crippen LogP contribution >= 0.6 is 0 Å². The number of methoxy groups -OCH3 is 1. The maximum Gasteiger partial charge on any atom is 0.270 e.